The molecule has 0 bridgehead atoms. The van der Waals surface area contributed by atoms with Crippen LogP contribution in [0.15, 0.2) is 97.1 Å². The number of hydrogen-bond acceptors (Lipinski definition) is 8. The molecule has 12 nitrogen and oxygen atoms in total. The highest BCUT2D eigenvalue weighted by Gasteiger charge is 2.28. The van der Waals surface area contributed by atoms with Gasteiger partial charge in [-0.2, -0.15) is 0 Å². The van der Waals surface area contributed by atoms with Crippen molar-refractivity contribution in [2.75, 3.05) is 18.4 Å². The Balaban J connectivity index is 1.19. The molecule has 0 saturated carbocycles. The van der Waals surface area contributed by atoms with Crippen molar-refractivity contribution >= 4 is 23.3 Å². The first-order valence-electron chi connectivity index (χ1n) is 14.4. The van der Waals surface area contributed by atoms with Gasteiger partial charge in [0.1, 0.15) is 23.3 Å². The maximum absolute atomic E-state index is 13.5. The summed E-state index contributed by atoms with van der Waals surface area (Å²) < 4.78 is 5.79. The number of nitrogens with one attached hydrogen (secondary N) is 3. The molecule has 1 aliphatic heterocycles. The third-order valence-corrected chi connectivity index (χ3v) is 7.35. The maximum Gasteiger partial charge on any atom is 0.319 e. The van der Waals surface area contributed by atoms with Crippen LogP contribution in [-0.2, 0) is 17.8 Å². The molecule has 0 aromatic heterocycles. The highest BCUT2D eigenvalue weighted by atomic mass is 16.6. The first kappa shape index (κ1) is 30.8. The second-order valence-corrected chi connectivity index (χ2v) is 10.8. The molecular weight excluding hydrogens is 578 g/mol. The minimum atomic E-state index is -0.913. The van der Waals surface area contributed by atoms with Crippen LogP contribution in [0.25, 0.3) is 0 Å². The van der Waals surface area contributed by atoms with Crippen molar-refractivity contribution in [1.82, 2.24) is 15.5 Å². The Morgan fingerprint density at radius 2 is 1.62 bits per heavy atom. The van der Waals surface area contributed by atoms with Crippen LogP contribution >= 0.6 is 0 Å². The number of phenolic OH excluding ortho intramolecular Hbond substituents is 2. The summed E-state index contributed by atoms with van der Waals surface area (Å²) in [5.41, 5.74) is 1.58. The van der Waals surface area contributed by atoms with Crippen molar-refractivity contribution in [1.29, 1.82) is 0 Å². The van der Waals surface area contributed by atoms with E-state index in [0.29, 0.717) is 48.8 Å². The Kier molecular flexibility index (Phi) is 9.75. The number of urea groups is 1. The minimum Gasteiger partial charge on any atom is -0.508 e. The summed E-state index contributed by atoms with van der Waals surface area (Å²) in [5, 5.41) is 39.1. The monoisotopic (exact) mass is 611 g/mol. The smallest absolute Gasteiger partial charge is 0.319 e. The predicted octanol–water partition coefficient (Wildman–Crippen LogP) is 4.92. The van der Waals surface area contributed by atoms with E-state index in [1.54, 1.807) is 42.5 Å². The number of benzene rings is 4. The van der Waals surface area contributed by atoms with Gasteiger partial charge in [-0.3, -0.25) is 19.8 Å². The Morgan fingerprint density at radius 1 is 0.933 bits per heavy atom. The summed E-state index contributed by atoms with van der Waals surface area (Å²) >= 11 is 0. The molecule has 1 unspecified atom stereocenters. The fourth-order valence-electron chi connectivity index (χ4n) is 5.10. The second kappa shape index (κ2) is 14.2. The van der Waals surface area contributed by atoms with E-state index in [9.17, 15) is 29.9 Å². The first-order chi connectivity index (χ1) is 21.7. The van der Waals surface area contributed by atoms with E-state index in [1.807, 2.05) is 30.3 Å². The molecule has 1 heterocycles. The lowest BCUT2D eigenvalue weighted by Gasteiger charge is -2.22. The van der Waals surface area contributed by atoms with Gasteiger partial charge in [0.15, 0.2) is 5.75 Å². The van der Waals surface area contributed by atoms with Gasteiger partial charge < -0.3 is 30.9 Å². The van der Waals surface area contributed by atoms with Gasteiger partial charge in [-0.1, -0.05) is 36.4 Å². The molecule has 45 heavy (non-hydrogen) atoms. The molecule has 1 aliphatic rings. The number of carbonyl (C=O) groups is 2. The number of carbonyl (C=O) groups excluding carboxylic acids is 2. The topological polar surface area (TPSA) is 166 Å². The van der Waals surface area contributed by atoms with Crippen molar-refractivity contribution in [3.05, 3.63) is 118 Å². The number of phenols is 2. The summed E-state index contributed by atoms with van der Waals surface area (Å²) in [7, 11) is 0. The van der Waals surface area contributed by atoms with Crippen LogP contribution in [0.4, 0.5) is 16.2 Å². The number of para-hydroxylation sites is 1. The molecule has 4 aromatic rings. The molecule has 3 amide bonds. The predicted molar refractivity (Wildman–Crippen MR) is 167 cm³/mol. The summed E-state index contributed by atoms with van der Waals surface area (Å²) in [6.45, 7) is 1.58. The van der Waals surface area contributed by atoms with Crippen molar-refractivity contribution in [3.8, 4) is 23.0 Å². The zero-order valence-corrected chi connectivity index (χ0v) is 24.3. The van der Waals surface area contributed by atoms with Crippen molar-refractivity contribution in [2.45, 2.75) is 31.5 Å². The van der Waals surface area contributed by atoms with Crippen LogP contribution in [0.2, 0.25) is 0 Å². The fourth-order valence-corrected chi connectivity index (χ4v) is 5.10. The second-order valence-electron chi connectivity index (χ2n) is 10.8. The van der Waals surface area contributed by atoms with E-state index in [1.165, 1.54) is 24.3 Å². The number of ether oxygens (including phenoxy) is 1. The quantitative estimate of drug-likeness (QED) is 0.118. The highest BCUT2D eigenvalue weighted by Crippen LogP contribution is 2.27. The molecule has 0 radical (unpaired) electrons. The van der Waals surface area contributed by atoms with Crippen LogP contribution in [-0.4, -0.2) is 57.1 Å². The van der Waals surface area contributed by atoms with E-state index in [0.717, 1.165) is 5.56 Å². The van der Waals surface area contributed by atoms with Crippen LogP contribution < -0.4 is 20.7 Å². The number of nitro groups is 1. The van der Waals surface area contributed by atoms with Crippen LogP contribution in [0.3, 0.4) is 0 Å². The van der Waals surface area contributed by atoms with Gasteiger partial charge in [0.25, 0.3) is 0 Å². The van der Waals surface area contributed by atoms with E-state index < -0.39 is 17.0 Å². The highest BCUT2D eigenvalue weighted by molar-refractivity contribution is 5.94. The number of nitro benzene ring substituents is 1. The van der Waals surface area contributed by atoms with E-state index in [2.05, 4.69) is 20.9 Å². The summed E-state index contributed by atoms with van der Waals surface area (Å²) in [4.78, 5) is 39.1. The van der Waals surface area contributed by atoms with Gasteiger partial charge >= 0.3 is 11.7 Å². The van der Waals surface area contributed by atoms with Gasteiger partial charge in [0, 0.05) is 43.9 Å². The molecule has 0 aliphatic carbocycles. The Morgan fingerprint density at radius 3 is 2.33 bits per heavy atom. The number of rotatable bonds is 11. The number of nitrogens with zero attached hydrogens (tertiary/aromatic N) is 2. The molecule has 1 fully saturated rings. The number of hydrogen-bond donors (Lipinski definition) is 5. The van der Waals surface area contributed by atoms with Gasteiger partial charge in [-0.05, 0) is 72.1 Å². The molecule has 2 atom stereocenters. The number of anilines is 1. The Hall–Kier alpha value is -5.62. The van der Waals surface area contributed by atoms with E-state index in [-0.39, 0.29) is 35.6 Å². The maximum atomic E-state index is 13.5. The molecular formula is C33H33N5O7. The van der Waals surface area contributed by atoms with Crippen LogP contribution in [0.1, 0.15) is 17.5 Å². The Bertz CT molecular complexity index is 1630. The van der Waals surface area contributed by atoms with Crippen LogP contribution in [0, 0.1) is 10.1 Å². The largest absolute Gasteiger partial charge is 0.508 e. The fraction of sp³-hybridized carbons (Fsp3) is 0.212. The average molecular weight is 612 g/mol. The zero-order chi connectivity index (χ0) is 31.8. The lowest BCUT2D eigenvalue weighted by Crippen LogP contribution is -2.52. The minimum absolute atomic E-state index is 0.0927. The number of likely N-dealkylation sites (tertiary alicyclic amines) is 1. The molecule has 1 saturated heterocycles. The lowest BCUT2D eigenvalue weighted by molar-refractivity contribution is -0.385. The summed E-state index contributed by atoms with van der Waals surface area (Å²) in [6, 6.07) is 25.2. The third-order valence-electron chi connectivity index (χ3n) is 7.35. The molecule has 12 heteroatoms. The van der Waals surface area contributed by atoms with Gasteiger partial charge in [-0.25, -0.2) is 4.79 Å². The van der Waals surface area contributed by atoms with Crippen molar-refractivity contribution < 1.29 is 29.5 Å². The lowest BCUT2D eigenvalue weighted by atomic mass is 10.0. The van der Waals surface area contributed by atoms with Crippen molar-refractivity contribution in [3.63, 3.8) is 0 Å². The third kappa shape index (κ3) is 8.71. The summed E-state index contributed by atoms with van der Waals surface area (Å²) in [6.07, 6.45) is 0.846. The van der Waals surface area contributed by atoms with E-state index >= 15 is 0 Å². The zero-order valence-electron chi connectivity index (χ0n) is 24.3. The molecule has 0 spiro atoms. The normalized spacial score (nSPS) is 15.2. The van der Waals surface area contributed by atoms with Crippen LogP contribution in [0.5, 0.6) is 23.0 Å². The molecule has 5 N–H and O–H groups in total. The number of amides is 3. The van der Waals surface area contributed by atoms with Gasteiger partial charge in [-0.15, -0.1) is 0 Å². The molecule has 4 aromatic carbocycles. The molecule has 232 valence electrons. The Labute approximate surface area is 259 Å². The van der Waals surface area contributed by atoms with E-state index in [4.69, 9.17) is 4.74 Å². The van der Waals surface area contributed by atoms with Gasteiger partial charge in [0.2, 0.25) is 5.91 Å². The molecule has 5 rings (SSSR count). The summed E-state index contributed by atoms with van der Waals surface area (Å²) in [5.74, 6) is 0.632. The number of aromatic hydroxyl groups is 2. The SMILES string of the molecule is O=C(Nc1ccc(Oc2ccccc2)cc1)N[C@@H](Cc1ccc(O)cc1)C(=O)NC1CCN(Cc2ccc(O)c([N+](=O)[O-])c2)C1. The van der Waals surface area contributed by atoms with Gasteiger partial charge in [0.05, 0.1) is 4.92 Å². The standard InChI is InChI=1S/C33H33N5O7/c39-26-11-6-22(7-12-26)18-29(36-33(42)35-24-9-13-28(14-10-24)45-27-4-2-1-3-5-27)32(41)34-25-16-17-37(21-25)20-23-8-15-31(40)30(19-23)38(43)44/h1-15,19,25,29,39-40H,16-18,20-21H2,(H,34,41)(H2,35,36,42)/t25?,29-/m0/s1. The average Bonchev–Trinajstić information content (AvgIpc) is 3.46. The van der Waals surface area contributed by atoms with Crippen molar-refractivity contribution in [2.24, 2.45) is 0 Å². The first-order valence-corrected chi connectivity index (χ1v) is 14.4.